The Labute approximate surface area is 197 Å². The summed E-state index contributed by atoms with van der Waals surface area (Å²) < 4.78 is 34.5. The van der Waals surface area contributed by atoms with Crippen molar-refractivity contribution in [3.8, 4) is 5.75 Å². The molecule has 3 aromatic rings. The van der Waals surface area contributed by atoms with Gasteiger partial charge in [-0.1, -0.05) is 36.2 Å². The SMILES string of the molecule is CC(C)Oc1ccc(S(=O)(=O)N2CCCCC2)cc1NC(=O)c1sc2ccccc2c1Cl. The van der Waals surface area contributed by atoms with Crippen LogP contribution in [0.3, 0.4) is 0 Å². The molecule has 1 aliphatic heterocycles. The largest absolute Gasteiger partial charge is 0.489 e. The molecule has 170 valence electrons. The molecule has 1 fully saturated rings. The summed E-state index contributed by atoms with van der Waals surface area (Å²) in [7, 11) is -3.66. The van der Waals surface area contributed by atoms with E-state index in [-0.39, 0.29) is 11.0 Å². The number of ether oxygens (including phenoxy) is 1. The van der Waals surface area contributed by atoms with Crippen LogP contribution in [0.15, 0.2) is 47.4 Å². The first-order chi connectivity index (χ1) is 15.3. The van der Waals surface area contributed by atoms with Gasteiger partial charge in [0, 0.05) is 23.2 Å². The molecule has 2 heterocycles. The number of carbonyl (C=O) groups excluding carboxylic acids is 1. The number of nitrogens with one attached hydrogen (secondary N) is 1. The van der Waals surface area contributed by atoms with Crippen LogP contribution in [0, 0.1) is 0 Å². The van der Waals surface area contributed by atoms with Crippen LogP contribution in [0.5, 0.6) is 5.75 Å². The van der Waals surface area contributed by atoms with Crippen molar-refractivity contribution in [2.24, 2.45) is 0 Å². The number of hydrogen-bond donors (Lipinski definition) is 1. The van der Waals surface area contributed by atoms with Gasteiger partial charge in [0.25, 0.3) is 5.91 Å². The number of piperidine rings is 1. The van der Waals surface area contributed by atoms with Crippen molar-refractivity contribution in [2.45, 2.75) is 44.1 Å². The van der Waals surface area contributed by atoms with Crippen LogP contribution in [0.1, 0.15) is 42.8 Å². The van der Waals surface area contributed by atoms with E-state index in [1.165, 1.54) is 27.8 Å². The van der Waals surface area contributed by atoms with Gasteiger partial charge in [-0.3, -0.25) is 4.79 Å². The summed E-state index contributed by atoms with van der Waals surface area (Å²) in [6, 6.07) is 12.1. The zero-order valence-electron chi connectivity index (χ0n) is 17.9. The fraction of sp³-hybridized carbons (Fsp3) is 0.348. The van der Waals surface area contributed by atoms with E-state index in [1.54, 1.807) is 6.07 Å². The monoisotopic (exact) mass is 492 g/mol. The number of amides is 1. The maximum absolute atomic E-state index is 13.2. The number of carbonyl (C=O) groups is 1. The molecule has 0 unspecified atom stereocenters. The molecule has 1 N–H and O–H groups in total. The lowest BCUT2D eigenvalue weighted by molar-refractivity contribution is 0.102. The minimum Gasteiger partial charge on any atom is -0.489 e. The van der Waals surface area contributed by atoms with Crippen molar-refractivity contribution < 1.29 is 17.9 Å². The maximum Gasteiger partial charge on any atom is 0.267 e. The quantitative estimate of drug-likeness (QED) is 0.474. The third-order valence-corrected chi connectivity index (χ3v) is 8.82. The highest BCUT2D eigenvalue weighted by atomic mass is 35.5. The van der Waals surface area contributed by atoms with Crippen molar-refractivity contribution in [3.63, 3.8) is 0 Å². The first-order valence-corrected chi connectivity index (χ1v) is 13.2. The number of rotatable bonds is 6. The number of halogens is 1. The van der Waals surface area contributed by atoms with Crippen LogP contribution in [0.25, 0.3) is 10.1 Å². The van der Waals surface area contributed by atoms with Crippen molar-refractivity contribution in [2.75, 3.05) is 18.4 Å². The van der Waals surface area contributed by atoms with E-state index in [0.29, 0.717) is 34.4 Å². The number of nitrogens with zero attached hydrogens (tertiary/aromatic N) is 1. The number of anilines is 1. The third kappa shape index (κ3) is 4.64. The number of benzene rings is 2. The van der Waals surface area contributed by atoms with Crippen LogP contribution in [-0.2, 0) is 10.0 Å². The summed E-state index contributed by atoms with van der Waals surface area (Å²) in [5.74, 6) is 0.000467. The number of hydrogen-bond acceptors (Lipinski definition) is 5. The molecular weight excluding hydrogens is 468 g/mol. The average molecular weight is 493 g/mol. The molecule has 1 saturated heterocycles. The van der Waals surface area contributed by atoms with E-state index < -0.39 is 15.9 Å². The van der Waals surface area contributed by atoms with Crippen molar-refractivity contribution in [3.05, 3.63) is 52.4 Å². The second kappa shape index (κ2) is 9.39. The van der Waals surface area contributed by atoms with E-state index in [2.05, 4.69) is 5.32 Å². The summed E-state index contributed by atoms with van der Waals surface area (Å²) >= 11 is 7.76. The average Bonchev–Trinajstić information content (AvgIpc) is 3.12. The van der Waals surface area contributed by atoms with E-state index in [9.17, 15) is 13.2 Å². The van der Waals surface area contributed by atoms with Gasteiger partial charge >= 0.3 is 0 Å². The minimum atomic E-state index is -3.66. The third-order valence-electron chi connectivity index (χ3n) is 5.26. The maximum atomic E-state index is 13.2. The molecule has 0 aliphatic carbocycles. The van der Waals surface area contributed by atoms with Crippen LogP contribution >= 0.6 is 22.9 Å². The Morgan fingerprint density at radius 3 is 2.53 bits per heavy atom. The molecule has 0 radical (unpaired) electrons. The van der Waals surface area contributed by atoms with Crippen LogP contribution in [0.4, 0.5) is 5.69 Å². The highest BCUT2D eigenvalue weighted by Crippen LogP contribution is 2.37. The molecule has 1 amide bonds. The van der Waals surface area contributed by atoms with Gasteiger partial charge in [-0.25, -0.2) is 8.42 Å². The Morgan fingerprint density at radius 1 is 1.12 bits per heavy atom. The lowest BCUT2D eigenvalue weighted by Gasteiger charge is -2.26. The molecule has 1 aromatic heterocycles. The molecule has 4 rings (SSSR count). The Balaban J connectivity index is 1.69. The van der Waals surface area contributed by atoms with Crippen LogP contribution in [-0.4, -0.2) is 37.8 Å². The predicted molar refractivity (Wildman–Crippen MR) is 130 cm³/mol. The second-order valence-electron chi connectivity index (χ2n) is 7.98. The summed E-state index contributed by atoms with van der Waals surface area (Å²) in [4.78, 5) is 13.6. The Morgan fingerprint density at radius 2 is 1.84 bits per heavy atom. The fourth-order valence-corrected chi connectivity index (χ4v) is 6.67. The van der Waals surface area contributed by atoms with Crippen molar-refractivity contribution in [1.29, 1.82) is 0 Å². The van der Waals surface area contributed by atoms with E-state index in [1.807, 2.05) is 38.1 Å². The van der Waals surface area contributed by atoms with Gasteiger partial charge in [0.1, 0.15) is 10.6 Å². The normalized spacial score (nSPS) is 15.2. The smallest absolute Gasteiger partial charge is 0.267 e. The number of fused-ring (bicyclic) bond motifs is 1. The van der Waals surface area contributed by atoms with Gasteiger partial charge in [0.05, 0.1) is 21.7 Å². The molecule has 6 nitrogen and oxygen atoms in total. The zero-order chi connectivity index (χ0) is 22.9. The Kier molecular flexibility index (Phi) is 6.76. The lowest BCUT2D eigenvalue weighted by Crippen LogP contribution is -2.35. The molecule has 0 saturated carbocycles. The van der Waals surface area contributed by atoms with E-state index in [0.717, 1.165) is 29.3 Å². The molecule has 1 aliphatic rings. The van der Waals surface area contributed by atoms with Crippen LogP contribution in [0.2, 0.25) is 5.02 Å². The molecule has 32 heavy (non-hydrogen) atoms. The van der Waals surface area contributed by atoms with Crippen molar-refractivity contribution >= 4 is 54.6 Å². The summed E-state index contributed by atoms with van der Waals surface area (Å²) in [5.41, 5.74) is 0.301. The van der Waals surface area contributed by atoms with Gasteiger partial charge < -0.3 is 10.1 Å². The first-order valence-electron chi connectivity index (χ1n) is 10.6. The Hall–Kier alpha value is -2.13. The standard InChI is InChI=1S/C23H25ClN2O4S2/c1-15(2)30-19-11-10-16(32(28,29)26-12-6-3-7-13-26)14-18(19)25-23(27)22-21(24)17-8-4-5-9-20(17)31-22/h4-5,8-11,14-15H,3,6-7,12-13H2,1-2H3,(H,25,27). The molecule has 0 bridgehead atoms. The summed E-state index contributed by atoms with van der Waals surface area (Å²) in [6.45, 7) is 4.75. The topological polar surface area (TPSA) is 75.7 Å². The Bertz CT molecular complexity index is 1250. The molecular formula is C23H25ClN2O4S2. The molecule has 9 heteroatoms. The molecule has 0 atom stereocenters. The van der Waals surface area contributed by atoms with Gasteiger partial charge in [-0.05, 0) is 51.0 Å². The first kappa shape index (κ1) is 23.0. The second-order valence-corrected chi connectivity index (χ2v) is 11.4. The summed E-state index contributed by atoms with van der Waals surface area (Å²) in [5, 5.41) is 4.02. The molecule has 2 aromatic carbocycles. The van der Waals surface area contributed by atoms with Crippen LogP contribution < -0.4 is 10.1 Å². The highest BCUT2D eigenvalue weighted by Gasteiger charge is 2.27. The van der Waals surface area contributed by atoms with Gasteiger partial charge in [0.15, 0.2) is 0 Å². The highest BCUT2D eigenvalue weighted by molar-refractivity contribution is 7.89. The number of thiophene rings is 1. The van der Waals surface area contributed by atoms with Gasteiger partial charge in [-0.15, -0.1) is 11.3 Å². The minimum absolute atomic E-state index is 0.133. The fourth-order valence-electron chi connectivity index (χ4n) is 3.72. The van der Waals surface area contributed by atoms with E-state index in [4.69, 9.17) is 16.3 Å². The lowest BCUT2D eigenvalue weighted by atomic mass is 10.2. The summed E-state index contributed by atoms with van der Waals surface area (Å²) in [6.07, 6.45) is 2.58. The van der Waals surface area contributed by atoms with Crippen molar-refractivity contribution in [1.82, 2.24) is 4.31 Å². The van der Waals surface area contributed by atoms with Gasteiger partial charge in [-0.2, -0.15) is 4.31 Å². The number of sulfonamides is 1. The molecule has 0 spiro atoms. The van der Waals surface area contributed by atoms with Gasteiger partial charge in [0.2, 0.25) is 10.0 Å². The predicted octanol–water partition coefficient (Wildman–Crippen LogP) is 5.77. The zero-order valence-corrected chi connectivity index (χ0v) is 20.3. The van der Waals surface area contributed by atoms with E-state index >= 15 is 0 Å².